The minimum atomic E-state index is -0.0270. The molecular formula is C22H33N3O2. The van der Waals surface area contributed by atoms with Crippen molar-refractivity contribution in [2.75, 3.05) is 13.1 Å². The molecule has 148 valence electrons. The largest absolute Gasteiger partial charge is 0.349 e. The van der Waals surface area contributed by atoms with E-state index >= 15 is 0 Å². The number of aromatic nitrogens is 1. The lowest BCUT2D eigenvalue weighted by Gasteiger charge is -2.36. The van der Waals surface area contributed by atoms with Gasteiger partial charge in [0.25, 0.3) is 0 Å². The first kappa shape index (κ1) is 19.8. The Kier molecular flexibility index (Phi) is 6.18. The first-order chi connectivity index (χ1) is 12.8. The number of pyridine rings is 1. The van der Waals surface area contributed by atoms with E-state index in [2.05, 4.69) is 31.1 Å². The summed E-state index contributed by atoms with van der Waals surface area (Å²) in [6.45, 7) is 7.99. The maximum absolute atomic E-state index is 12.9. The Morgan fingerprint density at radius 1 is 1.19 bits per heavy atom. The summed E-state index contributed by atoms with van der Waals surface area (Å²) >= 11 is 0. The van der Waals surface area contributed by atoms with E-state index in [0.29, 0.717) is 19.0 Å². The predicted octanol–water partition coefficient (Wildman–Crippen LogP) is 3.71. The highest BCUT2D eigenvalue weighted by atomic mass is 16.2. The molecule has 1 N–H and O–H groups in total. The van der Waals surface area contributed by atoms with E-state index in [1.54, 1.807) is 6.20 Å². The van der Waals surface area contributed by atoms with Crippen molar-refractivity contribution in [3.8, 4) is 0 Å². The fourth-order valence-corrected chi connectivity index (χ4v) is 4.01. The zero-order valence-corrected chi connectivity index (χ0v) is 16.9. The van der Waals surface area contributed by atoms with E-state index in [0.717, 1.165) is 37.7 Å². The van der Waals surface area contributed by atoms with Crippen molar-refractivity contribution in [3.63, 3.8) is 0 Å². The van der Waals surface area contributed by atoms with Crippen molar-refractivity contribution < 1.29 is 9.59 Å². The molecule has 1 aromatic heterocycles. The molecule has 1 saturated heterocycles. The van der Waals surface area contributed by atoms with Crippen LogP contribution in [0.2, 0.25) is 0 Å². The number of amides is 2. The summed E-state index contributed by atoms with van der Waals surface area (Å²) < 4.78 is 0. The minimum absolute atomic E-state index is 0.00502. The van der Waals surface area contributed by atoms with Gasteiger partial charge in [-0.25, -0.2) is 0 Å². The molecule has 1 aromatic rings. The highest BCUT2D eigenvalue weighted by Crippen LogP contribution is 2.32. The Morgan fingerprint density at radius 3 is 2.41 bits per heavy atom. The molecular weight excluding hydrogens is 338 g/mol. The van der Waals surface area contributed by atoms with Crippen LogP contribution < -0.4 is 5.32 Å². The van der Waals surface area contributed by atoms with Crippen LogP contribution in [0, 0.1) is 17.3 Å². The molecule has 0 unspecified atom stereocenters. The lowest BCUT2D eigenvalue weighted by molar-refractivity contribution is -0.141. The number of nitrogens with one attached hydrogen (secondary N) is 1. The van der Waals surface area contributed by atoms with Gasteiger partial charge in [-0.15, -0.1) is 0 Å². The van der Waals surface area contributed by atoms with Gasteiger partial charge in [0, 0.05) is 37.3 Å². The monoisotopic (exact) mass is 371 g/mol. The fourth-order valence-electron chi connectivity index (χ4n) is 4.01. The van der Waals surface area contributed by atoms with Crippen LogP contribution in [0.4, 0.5) is 0 Å². The van der Waals surface area contributed by atoms with E-state index in [-0.39, 0.29) is 29.2 Å². The molecule has 2 heterocycles. The molecule has 2 aliphatic rings. The van der Waals surface area contributed by atoms with Crippen molar-refractivity contribution in [1.29, 1.82) is 0 Å². The Labute approximate surface area is 162 Å². The minimum Gasteiger partial charge on any atom is -0.349 e. The summed E-state index contributed by atoms with van der Waals surface area (Å²) in [4.78, 5) is 31.5. The molecule has 5 heteroatoms. The Morgan fingerprint density at radius 2 is 1.89 bits per heavy atom. The van der Waals surface area contributed by atoms with Crippen LogP contribution in [-0.2, 0) is 9.59 Å². The molecule has 1 aliphatic heterocycles. The fraction of sp³-hybridized carbons (Fsp3) is 0.682. The number of carbonyl (C=O) groups excluding carboxylic acids is 2. The van der Waals surface area contributed by atoms with Crippen molar-refractivity contribution in [3.05, 3.63) is 30.1 Å². The summed E-state index contributed by atoms with van der Waals surface area (Å²) in [6, 6.07) is 3.92. The van der Waals surface area contributed by atoms with Crippen LogP contribution in [0.5, 0.6) is 0 Å². The van der Waals surface area contributed by atoms with Gasteiger partial charge in [0.15, 0.2) is 0 Å². The number of hydrogen-bond donors (Lipinski definition) is 1. The standard InChI is InChI=1S/C22H33N3O2/c1-22(2,3)14-19(18-8-5-11-23-15-18)24-20(26)16-9-12-25(13-10-16)21(27)17-6-4-7-17/h5,8,11,15-17,19H,4,6-7,9-10,12-14H2,1-3H3,(H,24,26)/t19-/m1/s1. The Balaban J connectivity index is 1.57. The summed E-state index contributed by atoms with van der Waals surface area (Å²) in [5.41, 5.74) is 1.16. The lowest BCUT2D eigenvalue weighted by Crippen LogP contribution is -2.46. The molecule has 0 aromatic carbocycles. The number of nitrogens with zero attached hydrogens (tertiary/aromatic N) is 2. The molecule has 0 spiro atoms. The average molecular weight is 372 g/mol. The molecule has 1 saturated carbocycles. The molecule has 2 amide bonds. The summed E-state index contributed by atoms with van der Waals surface area (Å²) in [6.07, 6.45) is 9.25. The molecule has 0 bridgehead atoms. The first-order valence-corrected chi connectivity index (χ1v) is 10.3. The molecule has 5 nitrogen and oxygen atoms in total. The van der Waals surface area contributed by atoms with E-state index < -0.39 is 0 Å². The van der Waals surface area contributed by atoms with Crippen LogP contribution in [-0.4, -0.2) is 34.8 Å². The summed E-state index contributed by atoms with van der Waals surface area (Å²) in [5, 5.41) is 3.27. The topological polar surface area (TPSA) is 62.3 Å². The molecule has 1 aliphatic carbocycles. The quantitative estimate of drug-likeness (QED) is 0.858. The summed E-state index contributed by atoms with van der Waals surface area (Å²) in [7, 11) is 0. The molecule has 3 rings (SSSR count). The van der Waals surface area contributed by atoms with Crippen molar-refractivity contribution >= 4 is 11.8 Å². The van der Waals surface area contributed by atoms with Crippen LogP contribution in [0.25, 0.3) is 0 Å². The average Bonchev–Trinajstić information content (AvgIpc) is 2.59. The van der Waals surface area contributed by atoms with Gasteiger partial charge in [0.05, 0.1) is 6.04 Å². The smallest absolute Gasteiger partial charge is 0.225 e. The van der Waals surface area contributed by atoms with Crippen molar-refractivity contribution in [2.24, 2.45) is 17.3 Å². The first-order valence-electron chi connectivity index (χ1n) is 10.3. The van der Waals surface area contributed by atoms with Crippen LogP contribution >= 0.6 is 0 Å². The lowest BCUT2D eigenvalue weighted by atomic mass is 9.83. The molecule has 0 radical (unpaired) electrons. The highest BCUT2D eigenvalue weighted by Gasteiger charge is 2.34. The van der Waals surface area contributed by atoms with E-state index in [4.69, 9.17) is 0 Å². The number of piperidine rings is 1. The SMILES string of the molecule is CC(C)(C)C[C@@H](NC(=O)C1CCN(C(=O)C2CCC2)CC1)c1cccnc1. The highest BCUT2D eigenvalue weighted by molar-refractivity contribution is 5.81. The predicted molar refractivity (Wildman–Crippen MR) is 106 cm³/mol. The number of rotatable bonds is 5. The van der Waals surface area contributed by atoms with Crippen molar-refractivity contribution in [1.82, 2.24) is 15.2 Å². The summed E-state index contributed by atoms with van der Waals surface area (Å²) in [5.74, 6) is 0.664. The van der Waals surface area contributed by atoms with E-state index in [1.807, 2.05) is 23.2 Å². The maximum atomic E-state index is 12.9. The normalized spacial score (nSPS) is 20.0. The van der Waals surface area contributed by atoms with Gasteiger partial charge >= 0.3 is 0 Å². The second-order valence-corrected chi connectivity index (χ2v) is 9.34. The maximum Gasteiger partial charge on any atom is 0.225 e. The molecule has 1 atom stereocenters. The van der Waals surface area contributed by atoms with E-state index in [9.17, 15) is 9.59 Å². The van der Waals surface area contributed by atoms with Crippen LogP contribution in [0.3, 0.4) is 0 Å². The Bertz CT molecular complexity index is 641. The number of likely N-dealkylation sites (tertiary alicyclic amines) is 1. The van der Waals surface area contributed by atoms with Gasteiger partial charge in [-0.05, 0) is 49.1 Å². The Hall–Kier alpha value is -1.91. The zero-order valence-electron chi connectivity index (χ0n) is 16.9. The third-order valence-corrected chi connectivity index (χ3v) is 5.85. The number of hydrogen-bond acceptors (Lipinski definition) is 3. The number of carbonyl (C=O) groups is 2. The molecule has 2 fully saturated rings. The third-order valence-electron chi connectivity index (χ3n) is 5.85. The van der Waals surface area contributed by atoms with Crippen LogP contribution in [0.15, 0.2) is 24.5 Å². The van der Waals surface area contributed by atoms with Crippen molar-refractivity contribution in [2.45, 2.75) is 65.3 Å². The zero-order chi connectivity index (χ0) is 19.4. The van der Waals surface area contributed by atoms with Gasteiger partial charge in [-0.2, -0.15) is 0 Å². The van der Waals surface area contributed by atoms with E-state index in [1.165, 1.54) is 6.42 Å². The van der Waals surface area contributed by atoms with Gasteiger partial charge < -0.3 is 10.2 Å². The second kappa shape index (κ2) is 8.41. The van der Waals surface area contributed by atoms with Gasteiger partial charge in [0.1, 0.15) is 0 Å². The van der Waals surface area contributed by atoms with Gasteiger partial charge in [-0.3, -0.25) is 14.6 Å². The second-order valence-electron chi connectivity index (χ2n) is 9.34. The van der Waals surface area contributed by atoms with Gasteiger partial charge in [-0.1, -0.05) is 33.3 Å². The van der Waals surface area contributed by atoms with Crippen LogP contribution in [0.1, 0.15) is 70.9 Å². The molecule has 27 heavy (non-hydrogen) atoms. The van der Waals surface area contributed by atoms with Gasteiger partial charge in [0.2, 0.25) is 11.8 Å². The third kappa shape index (κ3) is 5.30.